The Morgan fingerprint density at radius 3 is 2.76 bits per heavy atom. The normalized spacial score (nSPS) is 15.0. The number of carbonyl (C=O) groups excluding carboxylic acids is 2. The SMILES string of the molecule is CNC(=O)c1cc(Cl)ccc1NC(=O)c1cn(C2CCNCC2)nn1. The van der Waals surface area contributed by atoms with Crippen molar-refractivity contribution in [1.82, 2.24) is 25.6 Å². The molecule has 2 amide bonds. The number of amides is 2. The first-order chi connectivity index (χ1) is 12.1. The van der Waals surface area contributed by atoms with E-state index in [-0.39, 0.29) is 23.2 Å². The van der Waals surface area contributed by atoms with Gasteiger partial charge in [-0.15, -0.1) is 5.10 Å². The Morgan fingerprint density at radius 1 is 1.28 bits per heavy atom. The molecule has 3 rings (SSSR count). The minimum atomic E-state index is -0.423. The lowest BCUT2D eigenvalue weighted by Gasteiger charge is -2.22. The van der Waals surface area contributed by atoms with Gasteiger partial charge in [0, 0.05) is 12.1 Å². The second kappa shape index (κ2) is 7.62. The zero-order valence-corrected chi connectivity index (χ0v) is 14.5. The summed E-state index contributed by atoms with van der Waals surface area (Å²) in [6.07, 6.45) is 3.53. The van der Waals surface area contributed by atoms with E-state index in [0.717, 1.165) is 25.9 Å². The molecule has 1 aliphatic heterocycles. The van der Waals surface area contributed by atoms with E-state index in [0.29, 0.717) is 10.7 Å². The first kappa shape index (κ1) is 17.4. The maximum Gasteiger partial charge on any atom is 0.277 e. The lowest BCUT2D eigenvalue weighted by molar-refractivity contribution is 0.0964. The second-order valence-electron chi connectivity index (χ2n) is 5.79. The van der Waals surface area contributed by atoms with Gasteiger partial charge in [0.2, 0.25) is 0 Å². The molecule has 0 radical (unpaired) electrons. The number of nitrogens with zero attached hydrogens (tertiary/aromatic N) is 3. The average Bonchev–Trinajstić information content (AvgIpc) is 3.13. The van der Waals surface area contributed by atoms with E-state index in [9.17, 15) is 9.59 Å². The summed E-state index contributed by atoms with van der Waals surface area (Å²) in [7, 11) is 1.51. The van der Waals surface area contributed by atoms with Gasteiger partial charge in [-0.1, -0.05) is 16.8 Å². The summed E-state index contributed by atoms with van der Waals surface area (Å²) in [5, 5.41) is 16.9. The average molecular weight is 363 g/mol. The van der Waals surface area contributed by atoms with Gasteiger partial charge in [0.05, 0.1) is 23.5 Å². The Morgan fingerprint density at radius 2 is 2.04 bits per heavy atom. The Kier molecular flexibility index (Phi) is 5.30. The molecule has 0 atom stereocenters. The minimum absolute atomic E-state index is 0.205. The molecule has 25 heavy (non-hydrogen) atoms. The molecule has 3 N–H and O–H groups in total. The Bertz CT molecular complexity index is 785. The maximum absolute atomic E-state index is 12.5. The van der Waals surface area contributed by atoms with Crippen molar-refractivity contribution in [3.63, 3.8) is 0 Å². The number of rotatable bonds is 4. The van der Waals surface area contributed by atoms with Gasteiger partial charge in [0.15, 0.2) is 5.69 Å². The Labute approximate surface area is 149 Å². The number of benzene rings is 1. The first-order valence-electron chi connectivity index (χ1n) is 8.04. The van der Waals surface area contributed by atoms with E-state index in [1.165, 1.54) is 13.1 Å². The molecule has 2 aromatic rings. The van der Waals surface area contributed by atoms with Crippen LogP contribution in [-0.4, -0.2) is 46.9 Å². The molecule has 132 valence electrons. The van der Waals surface area contributed by atoms with Crippen molar-refractivity contribution in [2.24, 2.45) is 0 Å². The molecule has 1 fully saturated rings. The summed E-state index contributed by atoms with van der Waals surface area (Å²) in [4.78, 5) is 24.4. The fraction of sp³-hybridized carbons (Fsp3) is 0.375. The fourth-order valence-electron chi connectivity index (χ4n) is 2.76. The van der Waals surface area contributed by atoms with Gasteiger partial charge in [-0.2, -0.15) is 0 Å². The summed E-state index contributed by atoms with van der Waals surface area (Å²) in [6.45, 7) is 1.85. The van der Waals surface area contributed by atoms with Crippen LogP contribution in [0, 0.1) is 0 Å². The number of nitrogens with one attached hydrogen (secondary N) is 3. The van der Waals surface area contributed by atoms with Crippen molar-refractivity contribution in [3.05, 3.63) is 40.7 Å². The van der Waals surface area contributed by atoms with Crippen LogP contribution >= 0.6 is 11.6 Å². The fourth-order valence-corrected chi connectivity index (χ4v) is 2.94. The molecule has 0 unspecified atom stereocenters. The highest BCUT2D eigenvalue weighted by Crippen LogP contribution is 2.22. The summed E-state index contributed by atoms with van der Waals surface area (Å²) in [6, 6.07) is 4.94. The van der Waals surface area contributed by atoms with Crippen molar-refractivity contribution in [2.75, 3.05) is 25.5 Å². The van der Waals surface area contributed by atoms with Gasteiger partial charge >= 0.3 is 0 Å². The van der Waals surface area contributed by atoms with Gasteiger partial charge in [-0.3, -0.25) is 9.59 Å². The van der Waals surface area contributed by atoms with Gasteiger partial charge in [0.1, 0.15) is 0 Å². The van der Waals surface area contributed by atoms with Crippen LogP contribution in [0.5, 0.6) is 0 Å². The highest BCUT2D eigenvalue weighted by Gasteiger charge is 2.20. The quantitative estimate of drug-likeness (QED) is 0.764. The largest absolute Gasteiger partial charge is 0.355 e. The van der Waals surface area contributed by atoms with E-state index >= 15 is 0 Å². The first-order valence-corrected chi connectivity index (χ1v) is 8.42. The monoisotopic (exact) mass is 362 g/mol. The van der Waals surface area contributed by atoms with E-state index in [1.54, 1.807) is 23.0 Å². The minimum Gasteiger partial charge on any atom is -0.355 e. The third kappa shape index (κ3) is 3.97. The molecular formula is C16H19ClN6O2. The van der Waals surface area contributed by atoms with Crippen LogP contribution in [0.4, 0.5) is 5.69 Å². The van der Waals surface area contributed by atoms with Gasteiger partial charge in [-0.05, 0) is 44.1 Å². The van der Waals surface area contributed by atoms with Crippen molar-refractivity contribution >= 4 is 29.1 Å². The van der Waals surface area contributed by atoms with Crippen LogP contribution in [0.2, 0.25) is 5.02 Å². The summed E-state index contributed by atoms with van der Waals surface area (Å²) >= 11 is 5.94. The topological polar surface area (TPSA) is 101 Å². The summed E-state index contributed by atoms with van der Waals surface area (Å²) in [5.74, 6) is -0.760. The van der Waals surface area contributed by atoms with E-state index in [2.05, 4.69) is 26.3 Å². The molecule has 0 aliphatic carbocycles. The number of halogens is 1. The van der Waals surface area contributed by atoms with E-state index in [1.807, 2.05) is 0 Å². The highest BCUT2D eigenvalue weighted by molar-refractivity contribution is 6.31. The maximum atomic E-state index is 12.5. The van der Waals surface area contributed by atoms with Crippen molar-refractivity contribution < 1.29 is 9.59 Å². The molecule has 1 aromatic carbocycles. The third-order valence-corrected chi connectivity index (χ3v) is 4.36. The number of hydrogen-bond donors (Lipinski definition) is 3. The van der Waals surface area contributed by atoms with Crippen molar-refractivity contribution in [3.8, 4) is 0 Å². The predicted molar refractivity (Wildman–Crippen MR) is 94.0 cm³/mol. The second-order valence-corrected chi connectivity index (χ2v) is 6.22. The van der Waals surface area contributed by atoms with Gasteiger partial charge < -0.3 is 16.0 Å². The molecule has 9 heteroatoms. The molecule has 1 saturated heterocycles. The van der Waals surface area contributed by atoms with Crippen LogP contribution in [0.3, 0.4) is 0 Å². The Hall–Kier alpha value is -2.45. The molecule has 2 heterocycles. The molecular weight excluding hydrogens is 344 g/mol. The molecule has 8 nitrogen and oxygen atoms in total. The lowest BCUT2D eigenvalue weighted by Crippen LogP contribution is -2.29. The number of anilines is 1. The third-order valence-electron chi connectivity index (χ3n) is 4.13. The highest BCUT2D eigenvalue weighted by atomic mass is 35.5. The van der Waals surface area contributed by atoms with Crippen molar-refractivity contribution in [2.45, 2.75) is 18.9 Å². The van der Waals surface area contributed by atoms with Crippen LogP contribution < -0.4 is 16.0 Å². The molecule has 1 aromatic heterocycles. The van der Waals surface area contributed by atoms with E-state index < -0.39 is 5.91 Å². The molecule has 0 bridgehead atoms. The summed E-state index contributed by atoms with van der Waals surface area (Å²) in [5.41, 5.74) is 0.857. The zero-order chi connectivity index (χ0) is 17.8. The Balaban J connectivity index is 1.76. The van der Waals surface area contributed by atoms with Crippen LogP contribution in [0.1, 0.15) is 39.7 Å². The summed E-state index contributed by atoms with van der Waals surface area (Å²) < 4.78 is 1.73. The number of carbonyl (C=O) groups is 2. The van der Waals surface area contributed by atoms with Crippen LogP contribution in [0.15, 0.2) is 24.4 Å². The number of hydrogen-bond acceptors (Lipinski definition) is 5. The van der Waals surface area contributed by atoms with Gasteiger partial charge in [-0.25, -0.2) is 4.68 Å². The molecule has 0 spiro atoms. The van der Waals surface area contributed by atoms with Gasteiger partial charge in [0.25, 0.3) is 11.8 Å². The van der Waals surface area contributed by atoms with Crippen molar-refractivity contribution in [1.29, 1.82) is 0 Å². The standard InChI is InChI=1S/C16H19ClN6O2/c1-18-15(24)12-8-10(17)2-3-13(12)20-16(25)14-9-23(22-21-14)11-4-6-19-7-5-11/h2-3,8-9,11,19H,4-7H2,1H3,(H,18,24)(H,20,25). The predicted octanol–water partition coefficient (Wildman–Crippen LogP) is 1.47. The number of piperidine rings is 1. The zero-order valence-electron chi connectivity index (χ0n) is 13.8. The molecule has 0 saturated carbocycles. The van der Waals surface area contributed by atoms with Crippen LogP contribution in [0.25, 0.3) is 0 Å². The van der Waals surface area contributed by atoms with Crippen LogP contribution in [-0.2, 0) is 0 Å². The lowest BCUT2D eigenvalue weighted by atomic mass is 10.1. The molecule has 1 aliphatic rings. The number of aromatic nitrogens is 3. The smallest absolute Gasteiger partial charge is 0.277 e. The van der Waals surface area contributed by atoms with E-state index in [4.69, 9.17) is 11.6 Å².